The third-order valence-electron chi connectivity index (χ3n) is 2.36. The van der Waals surface area contributed by atoms with Crippen molar-refractivity contribution in [2.75, 3.05) is 0 Å². The van der Waals surface area contributed by atoms with E-state index < -0.39 is 0 Å². The van der Waals surface area contributed by atoms with Crippen LogP contribution in [0.3, 0.4) is 0 Å². The molecule has 0 aliphatic heterocycles. The fourth-order valence-electron chi connectivity index (χ4n) is 1.43. The van der Waals surface area contributed by atoms with Crippen molar-refractivity contribution in [1.29, 1.82) is 0 Å². The molecule has 0 saturated carbocycles. The lowest BCUT2D eigenvalue weighted by molar-refractivity contribution is -0.124. The molecule has 1 heterocycles. The topological polar surface area (TPSA) is 42.0 Å². The number of nitrogens with one attached hydrogen (secondary N) is 1. The first-order valence-corrected chi connectivity index (χ1v) is 5.40. The van der Waals surface area contributed by atoms with E-state index in [1.54, 1.807) is 12.4 Å². The monoisotopic (exact) mass is 206 g/mol. The van der Waals surface area contributed by atoms with Gasteiger partial charge in [0.05, 0.1) is 0 Å². The zero-order valence-corrected chi connectivity index (χ0v) is 9.36. The fourth-order valence-corrected chi connectivity index (χ4v) is 1.43. The lowest BCUT2D eigenvalue weighted by Crippen LogP contribution is -2.28. The quantitative estimate of drug-likeness (QED) is 0.802. The summed E-state index contributed by atoms with van der Waals surface area (Å²) in [6.07, 6.45) is 5.48. The Balaban J connectivity index is 2.34. The van der Waals surface area contributed by atoms with Gasteiger partial charge in [-0.2, -0.15) is 0 Å². The van der Waals surface area contributed by atoms with Crippen LogP contribution in [0.4, 0.5) is 0 Å². The van der Waals surface area contributed by atoms with Gasteiger partial charge in [-0.25, -0.2) is 0 Å². The molecule has 0 aromatic carbocycles. The van der Waals surface area contributed by atoms with Crippen molar-refractivity contribution in [3.8, 4) is 0 Å². The van der Waals surface area contributed by atoms with Crippen LogP contribution in [0.25, 0.3) is 0 Å². The Morgan fingerprint density at radius 3 is 3.00 bits per heavy atom. The Kier molecular flexibility index (Phi) is 4.81. The molecule has 1 N–H and O–H groups in total. The van der Waals surface area contributed by atoms with Gasteiger partial charge in [0.15, 0.2) is 0 Å². The minimum Gasteiger partial charge on any atom is -0.352 e. The van der Waals surface area contributed by atoms with E-state index in [0.29, 0.717) is 6.54 Å². The summed E-state index contributed by atoms with van der Waals surface area (Å²) in [5.74, 6) is 0.229. The molecule has 1 atom stereocenters. The standard InChI is InChI=1S/C12H18N2O/c1-3-5-10(2)12(15)14-9-11-6-4-7-13-8-11/h4,6-8,10H,3,5,9H2,1-2H3,(H,14,15)/t10-/m0/s1. The highest BCUT2D eigenvalue weighted by molar-refractivity contribution is 5.78. The van der Waals surface area contributed by atoms with Crippen molar-refractivity contribution in [2.24, 2.45) is 5.92 Å². The minimum atomic E-state index is 0.103. The Morgan fingerprint density at radius 2 is 2.40 bits per heavy atom. The molecule has 0 bridgehead atoms. The second-order valence-electron chi connectivity index (χ2n) is 3.77. The number of rotatable bonds is 5. The molecule has 1 aromatic rings. The van der Waals surface area contributed by atoms with E-state index in [1.807, 2.05) is 19.1 Å². The van der Waals surface area contributed by atoms with Gasteiger partial charge in [0.2, 0.25) is 5.91 Å². The van der Waals surface area contributed by atoms with Crippen LogP contribution in [0.1, 0.15) is 32.3 Å². The first-order valence-electron chi connectivity index (χ1n) is 5.40. The molecule has 0 fully saturated rings. The van der Waals surface area contributed by atoms with Crippen LogP contribution >= 0.6 is 0 Å². The summed E-state index contributed by atoms with van der Waals surface area (Å²) < 4.78 is 0. The van der Waals surface area contributed by atoms with Crippen LogP contribution in [-0.4, -0.2) is 10.9 Å². The average Bonchev–Trinajstić information content (AvgIpc) is 2.27. The maximum absolute atomic E-state index is 11.6. The molecule has 1 rings (SSSR count). The van der Waals surface area contributed by atoms with Crippen LogP contribution < -0.4 is 5.32 Å². The Bertz CT molecular complexity index is 298. The highest BCUT2D eigenvalue weighted by Gasteiger charge is 2.10. The Hall–Kier alpha value is -1.38. The van der Waals surface area contributed by atoms with E-state index in [4.69, 9.17) is 0 Å². The number of aromatic nitrogens is 1. The summed E-state index contributed by atoms with van der Waals surface area (Å²) in [5, 5.41) is 2.90. The van der Waals surface area contributed by atoms with Crippen molar-refractivity contribution in [1.82, 2.24) is 10.3 Å². The number of hydrogen-bond donors (Lipinski definition) is 1. The van der Waals surface area contributed by atoms with Crippen LogP contribution in [0.15, 0.2) is 24.5 Å². The molecule has 1 aromatic heterocycles. The number of carbonyl (C=O) groups is 1. The predicted molar refractivity (Wildman–Crippen MR) is 60.2 cm³/mol. The molecular formula is C12H18N2O. The molecule has 15 heavy (non-hydrogen) atoms. The smallest absolute Gasteiger partial charge is 0.223 e. The minimum absolute atomic E-state index is 0.103. The number of amides is 1. The third-order valence-corrected chi connectivity index (χ3v) is 2.36. The highest BCUT2D eigenvalue weighted by atomic mass is 16.1. The average molecular weight is 206 g/mol. The molecular weight excluding hydrogens is 188 g/mol. The van der Waals surface area contributed by atoms with Gasteiger partial charge in [-0.3, -0.25) is 9.78 Å². The number of carbonyl (C=O) groups excluding carboxylic acids is 1. The maximum Gasteiger partial charge on any atom is 0.223 e. The SMILES string of the molecule is CCC[C@H](C)C(=O)NCc1cccnc1. The van der Waals surface area contributed by atoms with Crippen LogP contribution in [-0.2, 0) is 11.3 Å². The van der Waals surface area contributed by atoms with Crippen molar-refractivity contribution in [3.05, 3.63) is 30.1 Å². The normalized spacial score (nSPS) is 12.1. The van der Waals surface area contributed by atoms with Crippen molar-refractivity contribution in [2.45, 2.75) is 33.2 Å². The van der Waals surface area contributed by atoms with Gasteiger partial charge in [-0.1, -0.05) is 26.3 Å². The summed E-state index contributed by atoms with van der Waals surface area (Å²) in [6, 6.07) is 3.83. The summed E-state index contributed by atoms with van der Waals surface area (Å²) in [7, 11) is 0. The van der Waals surface area contributed by atoms with E-state index in [-0.39, 0.29) is 11.8 Å². The predicted octanol–water partition coefficient (Wildman–Crippen LogP) is 2.13. The molecule has 3 nitrogen and oxygen atoms in total. The number of nitrogens with zero attached hydrogens (tertiary/aromatic N) is 1. The number of hydrogen-bond acceptors (Lipinski definition) is 2. The van der Waals surface area contributed by atoms with Gasteiger partial charge in [0.1, 0.15) is 0 Å². The van der Waals surface area contributed by atoms with E-state index in [1.165, 1.54) is 0 Å². The van der Waals surface area contributed by atoms with Crippen molar-refractivity contribution < 1.29 is 4.79 Å². The second-order valence-corrected chi connectivity index (χ2v) is 3.77. The molecule has 0 aliphatic rings. The fraction of sp³-hybridized carbons (Fsp3) is 0.500. The molecule has 0 saturated heterocycles. The lowest BCUT2D eigenvalue weighted by atomic mass is 10.1. The zero-order valence-electron chi connectivity index (χ0n) is 9.36. The van der Waals surface area contributed by atoms with Gasteiger partial charge in [-0.15, -0.1) is 0 Å². The highest BCUT2D eigenvalue weighted by Crippen LogP contribution is 2.05. The molecule has 3 heteroatoms. The van der Waals surface area contributed by atoms with Crippen LogP contribution in [0.5, 0.6) is 0 Å². The second kappa shape index (κ2) is 6.17. The van der Waals surface area contributed by atoms with E-state index in [0.717, 1.165) is 18.4 Å². The Labute approximate surface area is 90.9 Å². The van der Waals surface area contributed by atoms with Gasteiger partial charge >= 0.3 is 0 Å². The van der Waals surface area contributed by atoms with E-state index >= 15 is 0 Å². The largest absolute Gasteiger partial charge is 0.352 e. The molecule has 0 spiro atoms. The van der Waals surface area contributed by atoms with Crippen molar-refractivity contribution >= 4 is 5.91 Å². The molecule has 0 unspecified atom stereocenters. The molecule has 82 valence electrons. The summed E-state index contributed by atoms with van der Waals surface area (Å²) in [6.45, 7) is 4.62. The van der Waals surface area contributed by atoms with Gasteiger partial charge < -0.3 is 5.32 Å². The molecule has 1 amide bonds. The van der Waals surface area contributed by atoms with E-state index in [9.17, 15) is 4.79 Å². The summed E-state index contributed by atoms with van der Waals surface area (Å²) in [5.41, 5.74) is 1.04. The summed E-state index contributed by atoms with van der Waals surface area (Å²) in [4.78, 5) is 15.6. The first kappa shape index (κ1) is 11.7. The molecule has 0 aliphatic carbocycles. The summed E-state index contributed by atoms with van der Waals surface area (Å²) >= 11 is 0. The lowest BCUT2D eigenvalue weighted by Gasteiger charge is -2.10. The first-order chi connectivity index (χ1) is 7.24. The van der Waals surface area contributed by atoms with Crippen LogP contribution in [0.2, 0.25) is 0 Å². The zero-order chi connectivity index (χ0) is 11.1. The van der Waals surface area contributed by atoms with Gasteiger partial charge in [-0.05, 0) is 18.1 Å². The third kappa shape index (κ3) is 4.11. The van der Waals surface area contributed by atoms with Gasteiger partial charge in [0.25, 0.3) is 0 Å². The van der Waals surface area contributed by atoms with E-state index in [2.05, 4.69) is 17.2 Å². The maximum atomic E-state index is 11.6. The van der Waals surface area contributed by atoms with Crippen molar-refractivity contribution in [3.63, 3.8) is 0 Å². The van der Waals surface area contributed by atoms with Gasteiger partial charge in [0, 0.05) is 24.9 Å². The van der Waals surface area contributed by atoms with Crippen LogP contribution in [0, 0.1) is 5.92 Å². The number of pyridine rings is 1. The molecule has 0 radical (unpaired) electrons. The Morgan fingerprint density at radius 1 is 1.60 bits per heavy atom.